The second-order valence-electron chi connectivity index (χ2n) is 10.2. The first-order valence-electron chi connectivity index (χ1n) is 15.5. The maximum absolute atomic E-state index is 12.2. The predicted octanol–water partition coefficient (Wildman–Crippen LogP) is 7.57. The van der Waals surface area contributed by atoms with Crippen LogP contribution >= 0.6 is 0 Å². The smallest absolute Gasteiger partial charge is 0.326 e. The average molecular weight is 590 g/mol. The average Bonchev–Trinajstić information content (AvgIpc) is 2.98. The van der Waals surface area contributed by atoms with Gasteiger partial charge in [0.2, 0.25) is 11.8 Å². The molecule has 0 saturated heterocycles. The largest absolute Gasteiger partial charge is 0.480 e. The van der Waals surface area contributed by atoms with E-state index >= 15 is 0 Å². The van der Waals surface area contributed by atoms with Crippen molar-refractivity contribution in [3.05, 3.63) is 96.4 Å². The Labute approximate surface area is 258 Å². The molecule has 1 unspecified atom stereocenters. The lowest BCUT2D eigenvalue weighted by atomic mass is 10.1. The molecule has 1 aromatic heterocycles. The van der Waals surface area contributed by atoms with Crippen LogP contribution in [-0.2, 0) is 14.4 Å². The molecular weight excluding hydrogens is 538 g/mol. The topological polar surface area (TPSA) is 108 Å². The predicted molar refractivity (Wildman–Crippen MR) is 177 cm³/mol. The summed E-state index contributed by atoms with van der Waals surface area (Å²) in [4.78, 5) is 40.0. The van der Waals surface area contributed by atoms with Crippen molar-refractivity contribution in [2.75, 3.05) is 6.54 Å². The second-order valence-corrected chi connectivity index (χ2v) is 10.2. The molecule has 0 saturated carbocycles. The van der Waals surface area contributed by atoms with Crippen molar-refractivity contribution in [2.24, 2.45) is 0 Å². The van der Waals surface area contributed by atoms with E-state index in [-0.39, 0.29) is 18.2 Å². The van der Waals surface area contributed by atoms with E-state index in [1.165, 1.54) is 0 Å². The number of hydrogen-bond donors (Lipinski definition) is 3. The van der Waals surface area contributed by atoms with E-state index in [1.54, 1.807) is 18.3 Å². The van der Waals surface area contributed by atoms with Crippen LogP contribution < -0.4 is 10.6 Å². The molecule has 1 atom stereocenters. The molecule has 0 aromatic carbocycles. The number of aliphatic carboxylic acids is 1. The number of nitrogens with one attached hydrogen (secondary N) is 2. The molecule has 0 aliphatic heterocycles. The summed E-state index contributed by atoms with van der Waals surface area (Å²) >= 11 is 0. The minimum Gasteiger partial charge on any atom is -0.480 e. The number of amides is 2. The molecule has 0 fully saturated rings. The molecule has 3 N–H and O–H groups in total. The number of nitrogens with zero attached hydrogens (tertiary/aromatic N) is 1. The highest BCUT2D eigenvalue weighted by molar-refractivity contribution is 5.84. The molecule has 0 aliphatic rings. The van der Waals surface area contributed by atoms with Crippen molar-refractivity contribution in [3.8, 4) is 0 Å². The van der Waals surface area contributed by atoms with Crippen LogP contribution in [0.3, 0.4) is 0 Å². The summed E-state index contributed by atoms with van der Waals surface area (Å²) in [5, 5.41) is 14.9. The Hall–Kier alpha value is -4.00. The summed E-state index contributed by atoms with van der Waals surface area (Å²) in [5.41, 5.74) is 1.79. The minimum atomic E-state index is -1.06. The fourth-order valence-corrected chi connectivity index (χ4v) is 3.93. The number of unbranched alkanes of at least 4 members (excludes halogenated alkanes) is 2. The molecule has 0 radical (unpaired) electrons. The van der Waals surface area contributed by atoms with E-state index in [0.29, 0.717) is 32.2 Å². The van der Waals surface area contributed by atoms with E-state index in [1.807, 2.05) is 19.1 Å². The van der Waals surface area contributed by atoms with Crippen molar-refractivity contribution in [2.45, 2.75) is 96.9 Å². The number of carbonyl (C=O) groups is 3. The van der Waals surface area contributed by atoms with Crippen molar-refractivity contribution in [1.29, 1.82) is 0 Å². The first-order chi connectivity index (χ1) is 20.9. The number of aromatic nitrogens is 1. The van der Waals surface area contributed by atoms with Crippen molar-refractivity contribution in [1.82, 2.24) is 15.6 Å². The first kappa shape index (κ1) is 37.0. The standard InChI is InChI=1S/C36H51N3O4/c1-3-4-5-6-7-8-9-10-11-12-13-14-15-16-17-18-19-25-34(40)37-29-21-20-24-33(36(42)43)39-35(41)26-22-23-32-28-27-31(2)38-30-32/h4-5,7-8,10-11,13-14,16-17,22-23,27-28,30,33H,3,6,9,12,15,18-21,24-26,29H2,1-2H3,(H,37,40)(H,39,41)(H,42,43). The summed E-state index contributed by atoms with van der Waals surface area (Å²) in [7, 11) is 0. The number of carbonyl (C=O) groups excluding carboxylic acids is 2. The van der Waals surface area contributed by atoms with Gasteiger partial charge in [0.25, 0.3) is 0 Å². The van der Waals surface area contributed by atoms with Crippen molar-refractivity contribution < 1.29 is 19.5 Å². The molecule has 1 aromatic rings. The van der Waals surface area contributed by atoms with Crippen LogP contribution in [0.25, 0.3) is 6.08 Å². The van der Waals surface area contributed by atoms with Gasteiger partial charge in [0.15, 0.2) is 0 Å². The third-order valence-electron chi connectivity index (χ3n) is 6.36. The van der Waals surface area contributed by atoms with Gasteiger partial charge in [-0.25, -0.2) is 4.79 Å². The van der Waals surface area contributed by atoms with Crippen LogP contribution in [0.2, 0.25) is 0 Å². The number of carboxylic acids is 1. The monoisotopic (exact) mass is 589 g/mol. The van der Waals surface area contributed by atoms with Crippen molar-refractivity contribution >= 4 is 23.9 Å². The SMILES string of the molecule is CCC=CCC=CCC=CCC=CCC=CCCCC(=O)NCCCCC(NC(=O)CC=Cc1ccc(C)nc1)C(=O)O. The Balaban J connectivity index is 2.07. The van der Waals surface area contributed by atoms with Crippen molar-refractivity contribution in [3.63, 3.8) is 0 Å². The highest BCUT2D eigenvalue weighted by atomic mass is 16.4. The van der Waals surface area contributed by atoms with Crippen LogP contribution in [0.15, 0.2) is 85.2 Å². The Morgan fingerprint density at radius 2 is 1.44 bits per heavy atom. The molecule has 43 heavy (non-hydrogen) atoms. The van der Waals surface area contributed by atoms with E-state index in [9.17, 15) is 19.5 Å². The van der Waals surface area contributed by atoms with Gasteiger partial charge in [-0.1, -0.05) is 85.9 Å². The number of allylic oxidation sites excluding steroid dienone is 10. The number of carboxylic acid groups (broad SMARTS) is 1. The molecular formula is C36H51N3O4. The van der Waals surface area contributed by atoms with Crippen LogP contribution in [0.1, 0.15) is 95.2 Å². The van der Waals surface area contributed by atoms with Gasteiger partial charge in [-0.2, -0.15) is 0 Å². The summed E-state index contributed by atoms with van der Waals surface area (Å²) in [6, 6.07) is 2.85. The van der Waals surface area contributed by atoms with Gasteiger partial charge in [0.05, 0.1) is 0 Å². The lowest BCUT2D eigenvalue weighted by molar-refractivity contribution is -0.142. The Morgan fingerprint density at radius 3 is 2.02 bits per heavy atom. The normalized spacial score (nSPS) is 12.9. The van der Waals surface area contributed by atoms with Gasteiger partial charge in [-0.15, -0.1) is 0 Å². The molecule has 0 spiro atoms. The number of aryl methyl sites for hydroxylation is 1. The van der Waals surface area contributed by atoms with Gasteiger partial charge < -0.3 is 15.7 Å². The molecule has 234 valence electrons. The summed E-state index contributed by atoms with van der Waals surface area (Å²) < 4.78 is 0. The van der Waals surface area contributed by atoms with E-state index in [4.69, 9.17) is 0 Å². The molecule has 1 heterocycles. The Kier molecular flexibility index (Phi) is 22.1. The Morgan fingerprint density at radius 1 is 0.814 bits per heavy atom. The zero-order valence-electron chi connectivity index (χ0n) is 26.0. The summed E-state index contributed by atoms with van der Waals surface area (Å²) in [6.07, 6.45) is 35.5. The highest BCUT2D eigenvalue weighted by Gasteiger charge is 2.18. The van der Waals surface area contributed by atoms with Crippen LogP contribution in [-0.4, -0.2) is 40.5 Å². The van der Waals surface area contributed by atoms with Crippen LogP contribution in [0.4, 0.5) is 0 Å². The number of rotatable bonds is 23. The molecule has 1 rings (SSSR count). The summed E-state index contributed by atoms with van der Waals surface area (Å²) in [5.74, 6) is -1.39. The van der Waals surface area contributed by atoms with Gasteiger partial charge in [-0.3, -0.25) is 14.6 Å². The summed E-state index contributed by atoms with van der Waals surface area (Å²) in [6.45, 7) is 4.53. The lowest BCUT2D eigenvalue weighted by Crippen LogP contribution is -2.40. The van der Waals surface area contributed by atoms with Gasteiger partial charge >= 0.3 is 5.97 Å². The zero-order chi connectivity index (χ0) is 31.4. The third-order valence-corrected chi connectivity index (χ3v) is 6.36. The number of hydrogen-bond acceptors (Lipinski definition) is 4. The van der Waals surface area contributed by atoms with Crippen LogP contribution in [0, 0.1) is 6.92 Å². The second kappa shape index (κ2) is 25.7. The first-order valence-corrected chi connectivity index (χ1v) is 15.5. The fraction of sp³-hybridized carbons (Fsp3) is 0.444. The van der Waals surface area contributed by atoms with E-state index in [2.05, 4.69) is 83.3 Å². The van der Waals surface area contributed by atoms with E-state index in [0.717, 1.165) is 56.2 Å². The molecule has 7 nitrogen and oxygen atoms in total. The number of pyridine rings is 1. The third kappa shape index (κ3) is 22.3. The fourth-order valence-electron chi connectivity index (χ4n) is 3.93. The molecule has 2 amide bonds. The van der Waals surface area contributed by atoms with Gasteiger partial charge in [-0.05, 0) is 82.8 Å². The quantitative estimate of drug-likeness (QED) is 0.0901. The van der Waals surface area contributed by atoms with Gasteiger partial charge in [0.1, 0.15) is 6.04 Å². The molecule has 0 aliphatic carbocycles. The van der Waals surface area contributed by atoms with Gasteiger partial charge in [0, 0.05) is 31.3 Å². The van der Waals surface area contributed by atoms with Crippen LogP contribution in [0.5, 0.6) is 0 Å². The molecule has 7 heteroatoms. The van der Waals surface area contributed by atoms with E-state index < -0.39 is 12.0 Å². The lowest BCUT2D eigenvalue weighted by Gasteiger charge is -2.14. The maximum atomic E-state index is 12.2. The zero-order valence-corrected chi connectivity index (χ0v) is 26.0. The Bertz CT molecular complexity index is 1100. The minimum absolute atomic E-state index is 0.00556. The molecule has 0 bridgehead atoms. The highest BCUT2D eigenvalue weighted by Crippen LogP contribution is 2.05. The maximum Gasteiger partial charge on any atom is 0.326 e.